The fourth-order valence-electron chi connectivity index (χ4n) is 3.26. The number of nitrogens with zero attached hydrogens (tertiary/aromatic N) is 3. The lowest BCUT2D eigenvalue weighted by Crippen LogP contribution is -2.47. The fourth-order valence-corrected chi connectivity index (χ4v) is 3.26. The first-order chi connectivity index (χ1) is 12.6. The number of guanidine groups is 1. The van der Waals surface area contributed by atoms with Gasteiger partial charge in [0.15, 0.2) is 5.96 Å². The molecule has 1 aliphatic heterocycles. The first kappa shape index (κ1) is 20.4. The van der Waals surface area contributed by atoms with E-state index in [1.807, 2.05) is 19.2 Å². The zero-order valence-corrected chi connectivity index (χ0v) is 17.0. The maximum Gasteiger partial charge on any atom is 0.191 e. The van der Waals surface area contributed by atoms with Crippen molar-refractivity contribution >= 4 is 11.6 Å². The molecule has 2 N–H and O–H groups in total. The summed E-state index contributed by atoms with van der Waals surface area (Å²) in [5, 5.41) is 7.00. The lowest BCUT2D eigenvalue weighted by atomic mass is 10.2. The van der Waals surface area contributed by atoms with Crippen molar-refractivity contribution in [3.8, 4) is 5.75 Å². The second-order valence-electron chi connectivity index (χ2n) is 6.98. The Bertz CT molecular complexity index is 577. The molecule has 2 unspecified atom stereocenters. The number of rotatable bonds is 8. The molecule has 1 aliphatic rings. The number of likely N-dealkylation sites (N-methyl/N-ethyl adjacent to an activating group) is 1. The van der Waals surface area contributed by atoms with Crippen molar-refractivity contribution in [2.45, 2.75) is 38.8 Å². The highest BCUT2D eigenvalue weighted by atomic mass is 16.5. The first-order valence-corrected chi connectivity index (χ1v) is 9.64. The molecule has 0 saturated carbocycles. The third-order valence-electron chi connectivity index (χ3n) is 5.28. The number of hydrogen-bond donors (Lipinski definition) is 2. The average molecular weight is 362 g/mol. The summed E-state index contributed by atoms with van der Waals surface area (Å²) in [6, 6.07) is 9.21. The van der Waals surface area contributed by atoms with Crippen LogP contribution in [0.15, 0.2) is 29.3 Å². The van der Waals surface area contributed by atoms with E-state index in [4.69, 9.17) is 4.74 Å². The number of para-hydroxylation sites is 2. The number of benzene rings is 1. The third-order valence-corrected chi connectivity index (χ3v) is 5.28. The van der Waals surface area contributed by atoms with Gasteiger partial charge in [0.05, 0.1) is 12.8 Å². The molecule has 2 rings (SSSR count). The fraction of sp³-hybridized carbons (Fsp3) is 0.650. The summed E-state index contributed by atoms with van der Waals surface area (Å²) >= 11 is 0. The minimum atomic E-state index is 0.387. The topological polar surface area (TPSA) is 52.1 Å². The van der Waals surface area contributed by atoms with Gasteiger partial charge in [0, 0.05) is 45.3 Å². The number of aliphatic imine (C=N–C) groups is 1. The van der Waals surface area contributed by atoms with E-state index in [0.29, 0.717) is 12.1 Å². The van der Waals surface area contributed by atoms with Crippen LogP contribution in [0.1, 0.15) is 26.7 Å². The highest BCUT2D eigenvalue weighted by Crippen LogP contribution is 2.30. The van der Waals surface area contributed by atoms with Crippen LogP contribution >= 0.6 is 0 Å². The molecule has 1 saturated heterocycles. The minimum absolute atomic E-state index is 0.387. The predicted molar refractivity (Wildman–Crippen MR) is 110 cm³/mol. The number of ether oxygens (including phenoxy) is 1. The van der Waals surface area contributed by atoms with Gasteiger partial charge in [-0.1, -0.05) is 19.1 Å². The highest BCUT2D eigenvalue weighted by Gasteiger charge is 2.25. The van der Waals surface area contributed by atoms with Crippen molar-refractivity contribution in [1.29, 1.82) is 0 Å². The molecule has 1 fully saturated rings. The Morgan fingerprint density at radius 3 is 2.88 bits per heavy atom. The summed E-state index contributed by atoms with van der Waals surface area (Å²) < 4.78 is 5.50. The maximum absolute atomic E-state index is 5.50. The molecule has 6 heteroatoms. The van der Waals surface area contributed by atoms with Crippen LogP contribution in [0.25, 0.3) is 0 Å². The van der Waals surface area contributed by atoms with Gasteiger partial charge in [-0.3, -0.25) is 4.99 Å². The van der Waals surface area contributed by atoms with Crippen LogP contribution in [0.2, 0.25) is 0 Å². The molecule has 2 atom stereocenters. The van der Waals surface area contributed by atoms with Gasteiger partial charge in [-0.2, -0.15) is 0 Å². The van der Waals surface area contributed by atoms with Crippen molar-refractivity contribution in [3.05, 3.63) is 24.3 Å². The molecule has 1 aromatic rings. The van der Waals surface area contributed by atoms with Crippen molar-refractivity contribution in [2.24, 2.45) is 4.99 Å². The molecule has 1 heterocycles. The van der Waals surface area contributed by atoms with Gasteiger partial charge in [-0.15, -0.1) is 0 Å². The lowest BCUT2D eigenvalue weighted by Gasteiger charge is -2.25. The van der Waals surface area contributed by atoms with E-state index in [1.54, 1.807) is 7.11 Å². The van der Waals surface area contributed by atoms with Crippen LogP contribution in [0.3, 0.4) is 0 Å². The molecule has 146 valence electrons. The summed E-state index contributed by atoms with van der Waals surface area (Å²) in [7, 11) is 5.74. The van der Waals surface area contributed by atoms with Crippen molar-refractivity contribution < 1.29 is 4.74 Å². The number of nitrogens with one attached hydrogen (secondary N) is 2. The molecule has 0 bridgehead atoms. The van der Waals surface area contributed by atoms with Crippen LogP contribution in [0.5, 0.6) is 5.75 Å². The van der Waals surface area contributed by atoms with Gasteiger partial charge < -0.3 is 25.2 Å². The Morgan fingerprint density at radius 1 is 1.42 bits per heavy atom. The molecular weight excluding hydrogens is 326 g/mol. The Balaban J connectivity index is 1.81. The SMILES string of the molecule is CCC(C)N(C)CCNC(=NC)NC1CCN(c2ccccc2OC)C1. The first-order valence-electron chi connectivity index (χ1n) is 9.64. The zero-order valence-electron chi connectivity index (χ0n) is 17.0. The Morgan fingerprint density at radius 2 is 2.19 bits per heavy atom. The van der Waals surface area contributed by atoms with E-state index in [1.165, 1.54) is 6.42 Å². The van der Waals surface area contributed by atoms with Crippen LogP contribution in [0.4, 0.5) is 5.69 Å². The van der Waals surface area contributed by atoms with E-state index < -0.39 is 0 Å². The van der Waals surface area contributed by atoms with Crippen LogP contribution < -0.4 is 20.3 Å². The Kier molecular flexibility index (Phi) is 8.04. The van der Waals surface area contributed by atoms with Crippen LogP contribution in [-0.4, -0.2) is 70.3 Å². The van der Waals surface area contributed by atoms with Crippen LogP contribution in [-0.2, 0) is 0 Å². The van der Waals surface area contributed by atoms with Gasteiger partial charge in [-0.05, 0) is 38.9 Å². The molecule has 0 spiro atoms. The normalized spacial score (nSPS) is 18.9. The van der Waals surface area contributed by atoms with Crippen molar-refractivity contribution in [1.82, 2.24) is 15.5 Å². The number of hydrogen-bond acceptors (Lipinski definition) is 4. The number of anilines is 1. The monoisotopic (exact) mass is 361 g/mol. The molecule has 0 amide bonds. The van der Waals surface area contributed by atoms with E-state index in [2.05, 4.69) is 58.5 Å². The van der Waals surface area contributed by atoms with Gasteiger partial charge in [-0.25, -0.2) is 0 Å². The van der Waals surface area contributed by atoms with E-state index >= 15 is 0 Å². The summed E-state index contributed by atoms with van der Waals surface area (Å²) in [6.45, 7) is 8.36. The highest BCUT2D eigenvalue weighted by molar-refractivity contribution is 5.80. The minimum Gasteiger partial charge on any atom is -0.495 e. The average Bonchev–Trinajstić information content (AvgIpc) is 3.14. The molecular formula is C20H35N5O. The Labute approximate surface area is 158 Å². The molecule has 26 heavy (non-hydrogen) atoms. The van der Waals surface area contributed by atoms with Gasteiger partial charge in [0.2, 0.25) is 0 Å². The summed E-state index contributed by atoms with van der Waals surface area (Å²) in [5.74, 6) is 1.82. The molecule has 1 aromatic carbocycles. The summed E-state index contributed by atoms with van der Waals surface area (Å²) in [4.78, 5) is 9.13. The van der Waals surface area contributed by atoms with Crippen LogP contribution in [0, 0.1) is 0 Å². The van der Waals surface area contributed by atoms with E-state index in [9.17, 15) is 0 Å². The van der Waals surface area contributed by atoms with E-state index in [0.717, 1.165) is 50.0 Å². The number of methoxy groups -OCH3 is 1. The summed E-state index contributed by atoms with van der Waals surface area (Å²) in [5.41, 5.74) is 1.16. The molecule has 0 aromatic heterocycles. The maximum atomic E-state index is 5.50. The molecule has 6 nitrogen and oxygen atoms in total. The largest absolute Gasteiger partial charge is 0.495 e. The quantitative estimate of drug-likeness (QED) is 0.549. The van der Waals surface area contributed by atoms with Gasteiger partial charge in [0.25, 0.3) is 0 Å². The molecule has 0 aliphatic carbocycles. The van der Waals surface area contributed by atoms with E-state index in [-0.39, 0.29) is 0 Å². The lowest BCUT2D eigenvalue weighted by molar-refractivity contribution is 0.255. The second-order valence-corrected chi connectivity index (χ2v) is 6.98. The van der Waals surface area contributed by atoms with Gasteiger partial charge in [0.1, 0.15) is 5.75 Å². The predicted octanol–water partition coefficient (Wildman–Crippen LogP) is 2.17. The second kappa shape index (κ2) is 10.3. The van der Waals surface area contributed by atoms with Crippen molar-refractivity contribution in [2.75, 3.05) is 52.3 Å². The smallest absolute Gasteiger partial charge is 0.191 e. The molecule has 0 radical (unpaired) electrons. The zero-order chi connectivity index (χ0) is 18.9. The Hall–Kier alpha value is -1.95. The standard InChI is InChI=1S/C20H35N5O/c1-6-16(2)24(4)14-12-22-20(21-3)23-17-11-13-25(15-17)18-9-7-8-10-19(18)26-5/h7-10,16-17H,6,11-15H2,1-5H3,(H2,21,22,23). The third kappa shape index (κ3) is 5.53. The van der Waals surface area contributed by atoms with Crippen molar-refractivity contribution in [3.63, 3.8) is 0 Å². The summed E-state index contributed by atoms with van der Waals surface area (Å²) in [6.07, 6.45) is 2.26. The van der Waals surface area contributed by atoms with Gasteiger partial charge >= 0.3 is 0 Å².